The Balaban J connectivity index is 2.34. The van der Waals surface area contributed by atoms with E-state index in [-0.39, 0.29) is 5.82 Å². The van der Waals surface area contributed by atoms with Crippen LogP contribution in [0.1, 0.15) is 0 Å². The van der Waals surface area contributed by atoms with Crippen LogP contribution in [0.4, 0.5) is 4.79 Å². The molecule has 10 nitrogen and oxygen atoms in total. The van der Waals surface area contributed by atoms with Crippen molar-refractivity contribution in [2.45, 2.75) is 6.54 Å². The summed E-state index contributed by atoms with van der Waals surface area (Å²) in [4.78, 5) is 34.7. The molecule has 3 amide bonds. The van der Waals surface area contributed by atoms with Crippen molar-refractivity contribution in [3.8, 4) is 22.9 Å². The minimum absolute atomic E-state index is 0.119. The Labute approximate surface area is 136 Å². The molecule has 0 aliphatic carbocycles. The van der Waals surface area contributed by atoms with Crippen LogP contribution in [0.15, 0.2) is 27.5 Å². The number of rotatable bonds is 5. The molecule has 0 bridgehead atoms. The third kappa shape index (κ3) is 3.54. The molecule has 2 N–H and O–H groups in total. The molecule has 0 radical (unpaired) electrons. The number of carbonyl (C=O) groups excluding carboxylic acids is 2. The lowest BCUT2D eigenvalue weighted by atomic mass is 10.2. The summed E-state index contributed by atoms with van der Waals surface area (Å²) in [5, 5.41) is 7.96. The zero-order chi connectivity index (χ0) is 17.7. The van der Waals surface area contributed by atoms with Gasteiger partial charge in [-0.15, -0.1) is 0 Å². The van der Waals surface area contributed by atoms with E-state index in [9.17, 15) is 14.4 Å². The molecule has 1 aromatic carbocycles. The van der Waals surface area contributed by atoms with Gasteiger partial charge in [0.2, 0.25) is 5.91 Å². The molecular formula is C14H16N4O6. The molecule has 128 valence electrons. The molecule has 0 unspecified atom stereocenters. The minimum atomic E-state index is -0.827. The molecule has 10 heteroatoms. The lowest BCUT2D eigenvalue weighted by Crippen LogP contribution is -2.40. The molecule has 0 atom stereocenters. The van der Waals surface area contributed by atoms with Gasteiger partial charge in [0.15, 0.2) is 17.3 Å². The zero-order valence-corrected chi connectivity index (χ0v) is 13.3. The van der Waals surface area contributed by atoms with Crippen LogP contribution in [0.3, 0.4) is 0 Å². The monoisotopic (exact) mass is 336 g/mol. The van der Waals surface area contributed by atoms with Gasteiger partial charge < -0.3 is 14.8 Å². The van der Waals surface area contributed by atoms with E-state index in [1.165, 1.54) is 21.3 Å². The summed E-state index contributed by atoms with van der Waals surface area (Å²) in [5.41, 5.74) is 0.478. The maximum absolute atomic E-state index is 11.8. The van der Waals surface area contributed by atoms with Crippen molar-refractivity contribution in [2.24, 2.45) is 0 Å². The maximum atomic E-state index is 11.8. The number of hydrogen-bond acceptors (Lipinski definition) is 7. The Morgan fingerprint density at radius 2 is 1.96 bits per heavy atom. The van der Waals surface area contributed by atoms with Gasteiger partial charge in [-0.25, -0.2) is 14.2 Å². The van der Waals surface area contributed by atoms with Crippen LogP contribution in [0.25, 0.3) is 11.4 Å². The highest BCUT2D eigenvalue weighted by atomic mass is 16.5. The SMILES string of the molecule is CNC(=O)NC(=O)Cn1c(-c2ccc(OC)c(OC)c2)noc1=O. The fraction of sp³-hybridized carbons (Fsp3) is 0.286. The molecule has 0 saturated carbocycles. The van der Waals surface area contributed by atoms with E-state index in [1.807, 2.05) is 0 Å². The number of aromatic nitrogens is 2. The summed E-state index contributed by atoms with van der Waals surface area (Å²) < 4.78 is 15.9. The molecule has 24 heavy (non-hydrogen) atoms. The predicted molar refractivity (Wildman–Crippen MR) is 81.9 cm³/mol. The standard InChI is InChI=1S/C14H16N4O6/c1-15-13(20)16-11(19)7-18-12(17-24-14(18)21)8-4-5-9(22-2)10(6-8)23-3/h4-6H,7H2,1-3H3,(H2,15,16,19,20). The fourth-order valence-corrected chi connectivity index (χ4v) is 1.96. The van der Waals surface area contributed by atoms with Crippen LogP contribution in [0, 0.1) is 0 Å². The smallest absolute Gasteiger partial charge is 0.442 e. The number of imide groups is 1. The summed E-state index contributed by atoms with van der Waals surface area (Å²) in [6.07, 6.45) is 0. The van der Waals surface area contributed by atoms with E-state index in [0.717, 1.165) is 4.57 Å². The van der Waals surface area contributed by atoms with Gasteiger partial charge in [-0.05, 0) is 18.2 Å². The average Bonchev–Trinajstić information content (AvgIpc) is 2.94. The summed E-state index contributed by atoms with van der Waals surface area (Å²) in [5.74, 6) is -0.482. The van der Waals surface area contributed by atoms with E-state index in [0.29, 0.717) is 17.1 Å². The molecule has 0 aliphatic rings. The number of methoxy groups -OCH3 is 2. The molecule has 2 rings (SSSR count). The quantitative estimate of drug-likeness (QED) is 0.786. The summed E-state index contributed by atoms with van der Waals surface area (Å²) in [7, 11) is 4.32. The third-order valence-electron chi connectivity index (χ3n) is 3.11. The molecule has 0 spiro atoms. The second-order valence-electron chi connectivity index (χ2n) is 4.56. The molecule has 2 aromatic rings. The number of nitrogens with one attached hydrogen (secondary N) is 2. The number of hydrogen-bond donors (Lipinski definition) is 2. The third-order valence-corrected chi connectivity index (χ3v) is 3.11. The number of ether oxygens (including phenoxy) is 2. The Morgan fingerprint density at radius 1 is 1.25 bits per heavy atom. The van der Waals surface area contributed by atoms with Gasteiger partial charge in [-0.3, -0.25) is 14.6 Å². The van der Waals surface area contributed by atoms with E-state index < -0.39 is 24.2 Å². The van der Waals surface area contributed by atoms with Crippen molar-refractivity contribution < 1.29 is 23.6 Å². The molecule has 1 heterocycles. The number of carbonyl (C=O) groups is 2. The molecule has 1 aromatic heterocycles. The van der Waals surface area contributed by atoms with E-state index >= 15 is 0 Å². The number of urea groups is 1. The summed E-state index contributed by atoms with van der Waals surface area (Å²) >= 11 is 0. The first-order valence-electron chi connectivity index (χ1n) is 6.80. The van der Waals surface area contributed by atoms with Crippen molar-refractivity contribution in [2.75, 3.05) is 21.3 Å². The lowest BCUT2D eigenvalue weighted by molar-refractivity contribution is -0.120. The number of nitrogens with zero attached hydrogens (tertiary/aromatic N) is 2. The Bertz CT molecular complexity index is 810. The van der Waals surface area contributed by atoms with Crippen LogP contribution in [0.5, 0.6) is 11.5 Å². The Morgan fingerprint density at radius 3 is 2.58 bits per heavy atom. The van der Waals surface area contributed by atoms with E-state index in [4.69, 9.17) is 9.47 Å². The van der Waals surface area contributed by atoms with Crippen LogP contribution in [-0.4, -0.2) is 42.9 Å². The summed E-state index contributed by atoms with van der Waals surface area (Å²) in [6, 6.07) is 4.16. The molecule has 0 fully saturated rings. The topological polar surface area (TPSA) is 125 Å². The van der Waals surface area contributed by atoms with Gasteiger partial charge in [0, 0.05) is 12.6 Å². The maximum Gasteiger partial charge on any atom is 0.442 e. The van der Waals surface area contributed by atoms with Crippen molar-refractivity contribution in [1.82, 2.24) is 20.4 Å². The van der Waals surface area contributed by atoms with Gasteiger partial charge in [-0.1, -0.05) is 5.16 Å². The lowest BCUT2D eigenvalue weighted by Gasteiger charge is -2.09. The van der Waals surface area contributed by atoms with Crippen LogP contribution in [-0.2, 0) is 11.3 Å². The fourth-order valence-electron chi connectivity index (χ4n) is 1.96. The van der Waals surface area contributed by atoms with Crippen molar-refractivity contribution in [3.05, 3.63) is 28.7 Å². The largest absolute Gasteiger partial charge is 0.493 e. The second kappa shape index (κ2) is 7.31. The van der Waals surface area contributed by atoms with Gasteiger partial charge in [0.1, 0.15) is 6.54 Å². The highest BCUT2D eigenvalue weighted by Crippen LogP contribution is 2.31. The zero-order valence-electron chi connectivity index (χ0n) is 13.3. The van der Waals surface area contributed by atoms with Gasteiger partial charge >= 0.3 is 11.8 Å². The van der Waals surface area contributed by atoms with Gasteiger partial charge in [0.25, 0.3) is 0 Å². The van der Waals surface area contributed by atoms with E-state index in [1.54, 1.807) is 18.2 Å². The minimum Gasteiger partial charge on any atom is -0.493 e. The normalized spacial score (nSPS) is 10.1. The Kier molecular flexibility index (Phi) is 5.20. The first-order valence-corrected chi connectivity index (χ1v) is 6.80. The second-order valence-corrected chi connectivity index (χ2v) is 4.56. The predicted octanol–water partition coefficient (Wildman–Crippen LogP) is -0.0239. The van der Waals surface area contributed by atoms with Crippen LogP contribution in [0.2, 0.25) is 0 Å². The highest BCUT2D eigenvalue weighted by molar-refractivity contribution is 5.94. The molecule has 0 saturated heterocycles. The van der Waals surface area contributed by atoms with Crippen LogP contribution < -0.4 is 25.9 Å². The van der Waals surface area contributed by atoms with Crippen LogP contribution >= 0.6 is 0 Å². The number of benzene rings is 1. The van der Waals surface area contributed by atoms with Gasteiger partial charge in [-0.2, -0.15) is 0 Å². The highest BCUT2D eigenvalue weighted by Gasteiger charge is 2.18. The van der Waals surface area contributed by atoms with Crippen molar-refractivity contribution in [3.63, 3.8) is 0 Å². The first kappa shape index (κ1) is 17.1. The molecule has 0 aliphatic heterocycles. The number of amides is 3. The van der Waals surface area contributed by atoms with E-state index in [2.05, 4.69) is 20.3 Å². The Hall–Kier alpha value is -3.30. The average molecular weight is 336 g/mol. The first-order chi connectivity index (χ1) is 11.5. The van der Waals surface area contributed by atoms with Gasteiger partial charge in [0.05, 0.1) is 14.2 Å². The molecular weight excluding hydrogens is 320 g/mol. The summed E-state index contributed by atoms with van der Waals surface area (Å²) in [6.45, 7) is -0.431. The van der Waals surface area contributed by atoms with Crippen molar-refractivity contribution >= 4 is 11.9 Å². The van der Waals surface area contributed by atoms with Crippen molar-refractivity contribution in [1.29, 1.82) is 0 Å².